The molecule has 0 aliphatic heterocycles. The molecule has 3 rings (SSSR count). The van der Waals surface area contributed by atoms with Crippen LogP contribution in [0.25, 0.3) is 20.8 Å². The molecule has 5 heteroatoms. The monoisotopic (exact) mass is 397 g/mol. The normalized spacial score (nSPS) is 10.9. The smallest absolute Gasteiger partial charge is 0.128 e. The number of nitrogens with zero attached hydrogens (tertiary/aromatic N) is 1. The number of aromatic nitrogens is 1. The number of rotatable bonds is 3. The van der Waals surface area contributed by atoms with Crippen LogP contribution in [0, 0.1) is 3.57 Å². The van der Waals surface area contributed by atoms with Crippen molar-refractivity contribution in [2.24, 2.45) is 0 Å². The lowest BCUT2D eigenvalue weighted by Crippen LogP contribution is -1.89. The zero-order valence-corrected chi connectivity index (χ0v) is 13.7. The van der Waals surface area contributed by atoms with Crippen molar-refractivity contribution in [2.45, 2.75) is 6.92 Å². The van der Waals surface area contributed by atoms with E-state index in [0.29, 0.717) is 6.61 Å². The zero-order valence-electron chi connectivity index (χ0n) is 10.8. The number of thiazole rings is 1. The van der Waals surface area contributed by atoms with Crippen molar-refractivity contribution < 1.29 is 9.84 Å². The molecule has 1 N–H and O–H groups in total. The number of halogens is 1. The molecule has 0 saturated carbocycles. The van der Waals surface area contributed by atoms with Crippen LogP contribution in [0.5, 0.6) is 11.5 Å². The molecule has 0 aliphatic carbocycles. The molecule has 3 nitrogen and oxygen atoms in total. The number of aromatic hydroxyl groups is 1. The van der Waals surface area contributed by atoms with Crippen molar-refractivity contribution in [3.05, 3.63) is 40.0 Å². The van der Waals surface area contributed by atoms with E-state index in [0.717, 1.165) is 30.1 Å². The summed E-state index contributed by atoms with van der Waals surface area (Å²) in [6.45, 7) is 2.61. The van der Waals surface area contributed by atoms with Gasteiger partial charge >= 0.3 is 0 Å². The minimum atomic E-state index is 0.259. The maximum atomic E-state index is 9.99. The van der Waals surface area contributed by atoms with Crippen LogP contribution in [0.4, 0.5) is 0 Å². The van der Waals surface area contributed by atoms with E-state index in [-0.39, 0.29) is 5.75 Å². The Morgan fingerprint density at radius 2 is 2.10 bits per heavy atom. The van der Waals surface area contributed by atoms with Crippen LogP contribution in [0.15, 0.2) is 36.4 Å². The molecule has 0 bridgehead atoms. The standard InChI is InChI=1S/C15H12INO2S/c1-2-19-10-4-5-12-14(8-10)20-15(17-12)11-7-9(16)3-6-13(11)18/h3-8,18H,2H2,1H3. The van der Waals surface area contributed by atoms with E-state index in [2.05, 4.69) is 27.6 Å². The van der Waals surface area contributed by atoms with Crippen LogP contribution < -0.4 is 4.74 Å². The first-order chi connectivity index (χ1) is 9.67. The molecule has 1 aromatic heterocycles. The van der Waals surface area contributed by atoms with Crippen LogP contribution in [0.2, 0.25) is 0 Å². The predicted molar refractivity (Wildman–Crippen MR) is 90.6 cm³/mol. The average molecular weight is 397 g/mol. The molecule has 0 saturated heterocycles. The number of fused-ring (bicyclic) bond motifs is 1. The van der Waals surface area contributed by atoms with Gasteiger partial charge in [-0.15, -0.1) is 11.3 Å². The molecule has 102 valence electrons. The first kappa shape index (κ1) is 13.6. The summed E-state index contributed by atoms with van der Waals surface area (Å²) in [5.74, 6) is 1.11. The van der Waals surface area contributed by atoms with E-state index in [1.165, 1.54) is 0 Å². The Labute approximate surface area is 134 Å². The van der Waals surface area contributed by atoms with E-state index in [9.17, 15) is 5.11 Å². The summed E-state index contributed by atoms with van der Waals surface area (Å²) in [6, 6.07) is 11.4. The second-order valence-corrected chi connectivity index (χ2v) is 6.52. The SMILES string of the molecule is CCOc1ccc2nc(-c3cc(I)ccc3O)sc2c1. The molecule has 3 aromatic rings. The van der Waals surface area contributed by atoms with Crippen molar-refractivity contribution in [3.8, 4) is 22.1 Å². The summed E-state index contributed by atoms with van der Waals surface area (Å²) in [4.78, 5) is 4.59. The number of hydrogen-bond donors (Lipinski definition) is 1. The fourth-order valence-corrected chi connectivity index (χ4v) is 3.47. The maximum Gasteiger partial charge on any atom is 0.128 e. The molecule has 0 fully saturated rings. The molecule has 0 spiro atoms. The Hall–Kier alpha value is -1.34. The van der Waals surface area contributed by atoms with E-state index in [4.69, 9.17) is 4.74 Å². The molecule has 0 aliphatic rings. The van der Waals surface area contributed by atoms with Gasteiger partial charge < -0.3 is 9.84 Å². The number of hydrogen-bond acceptors (Lipinski definition) is 4. The van der Waals surface area contributed by atoms with Crippen LogP contribution >= 0.6 is 33.9 Å². The third-order valence-electron chi connectivity index (χ3n) is 2.86. The van der Waals surface area contributed by atoms with E-state index < -0.39 is 0 Å². The fraction of sp³-hybridized carbons (Fsp3) is 0.133. The van der Waals surface area contributed by atoms with Gasteiger partial charge in [0, 0.05) is 3.57 Å². The van der Waals surface area contributed by atoms with Crippen LogP contribution in [-0.2, 0) is 0 Å². The second-order valence-electron chi connectivity index (χ2n) is 4.24. The van der Waals surface area contributed by atoms with Gasteiger partial charge in [-0.1, -0.05) is 0 Å². The van der Waals surface area contributed by atoms with Gasteiger partial charge in [-0.2, -0.15) is 0 Å². The van der Waals surface area contributed by atoms with Crippen molar-refractivity contribution in [2.75, 3.05) is 6.61 Å². The largest absolute Gasteiger partial charge is 0.507 e. The van der Waals surface area contributed by atoms with Gasteiger partial charge in [0.1, 0.15) is 16.5 Å². The third kappa shape index (κ3) is 2.60. The zero-order chi connectivity index (χ0) is 14.1. The van der Waals surface area contributed by atoms with Crippen LogP contribution in [0.3, 0.4) is 0 Å². The second kappa shape index (κ2) is 5.57. The van der Waals surface area contributed by atoms with E-state index in [1.807, 2.05) is 37.3 Å². The summed E-state index contributed by atoms with van der Waals surface area (Å²) in [5.41, 5.74) is 1.70. The Kier molecular flexibility index (Phi) is 3.80. The van der Waals surface area contributed by atoms with E-state index in [1.54, 1.807) is 17.4 Å². The molecule has 20 heavy (non-hydrogen) atoms. The number of phenolic OH excluding ortho intramolecular Hbond substituents is 1. The van der Waals surface area contributed by atoms with Crippen molar-refractivity contribution in [3.63, 3.8) is 0 Å². The van der Waals surface area contributed by atoms with Crippen molar-refractivity contribution >= 4 is 44.1 Å². The lowest BCUT2D eigenvalue weighted by Gasteiger charge is -2.00. The molecule has 0 unspecified atom stereocenters. The summed E-state index contributed by atoms with van der Waals surface area (Å²) in [5, 5.41) is 10.8. The minimum absolute atomic E-state index is 0.259. The van der Waals surface area contributed by atoms with Crippen LogP contribution in [0.1, 0.15) is 6.92 Å². The fourth-order valence-electron chi connectivity index (χ4n) is 1.96. The first-order valence-electron chi connectivity index (χ1n) is 6.19. The highest BCUT2D eigenvalue weighted by atomic mass is 127. The highest BCUT2D eigenvalue weighted by Crippen LogP contribution is 2.37. The van der Waals surface area contributed by atoms with Gasteiger partial charge in [-0.25, -0.2) is 4.98 Å². The molecular weight excluding hydrogens is 385 g/mol. The molecule has 1 heterocycles. The summed E-state index contributed by atoms with van der Waals surface area (Å²) in [7, 11) is 0. The van der Waals surface area contributed by atoms with Gasteiger partial charge in [0.25, 0.3) is 0 Å². The molecule has 0 radical (unpaired) electrons. The van der Waals surface area contributed by atoms with E-state index >= 15 is 0 Å². The summed E-state index contributed by atoms with van der Waals surface area (Å²) < 4.78 is 7.63. The molecule has 0 atom stereocenters. The third-order valence-corrected chi connectivity index (χ3v) is 4.58. The quantitative estimate of drug-likeness (QED) is 0.653. The number of ether oxygens (including phenoxy) is 1. The Bertz CT molecular complexity index is 770. The highest BCUT2D eigenvalue weighted by molar-refractivity contribution is 14.1. The highest BCUT2D eigenvalue weighted by Gasteiger charge is 2.11. The maximum absolute atomic E-state index is 9.99. The van der Waals surface area contributed by atoms with Crippen LogP contribution in [-0.4, -0.2) is 16.7 Å². The molecular formula is C15H12INO2S. The summed E-state index contributed by atoms with van der Waals surface area (Å²) in [6.07, 6.45) is 0. The van der Waals surface area contributed by atoms with Gasteiger partial charge in [-0.3, -0.25) is 0 Å². The topological polar surface area (TPSA) is 42.4 Å². The first-order valence-corrected chi connectivity index (χ1v) is 8.09. The Morgan fingerprint density at radius 1 is 1.25 bits per heavy atom. The van der Waals surface area contributed by atoms with Gasteiger partial charge in [0.2, 0.25) is 0 Å². The van der Waals surface area contributed by atoms with Gasteiger partial charge in [0.15, 0.2) is 0 Å². The van der Waals surface area contributed by atoms with Gasteiger partial charge in [-0.05, 0) is 65.9 Å². The molecule has 0 amide bonds. The average Bonchev–Trinajstić information content (AvgIpc) is 2.85. The molecule has 2 aromatic carbocycles. The number of benzene rings is 2. The minimum Gasteiger partial charge on any atom is -0.507 e. The predicted octanol–water partition coefficient (Wildman–Crippen LogP) is 4.67. The van der Waals surface area contributed by atoms with Crippen molar-refractivity contribution in [1.29, 1.82) is 0 Å². The van der Waals surface area contributed by atoms with Crippen molar-refractivity contribution in [1.82, 2.24) is 4.98 Å². The lowest BCUT2D eigenvalue weighted by atomic mass is 10.2. The Morgan fingerprint density at radius 3 is 2.90 bits per heavy atom. The summed E-state index contributed by atoms with van der Waals surface area (Å²) >= 11 is 3.79. The van der Waals surface area contributed by atoms with Gasteiger partial charge in [0.05, 0.1) is 22.4 Å². The lowest BCUT2D eigenvalue weighted by molar-refractivity contribution is 0.341. The number of phenols is 1. The Balaban J connectivity index is 2.10.